The van der Waals surface area contributed by atoms with Gasteiger partial charge in [0.25, 0.3) is 0 Å². The van der Waals surface area contributed by atoms with E-state index in [1.807, 2.05) is 69.2 Å². The number of rotatable bonds is 15. The Kier molecular flexibility index (Phi) is 36.4. The molecule has 705 valence electrons. The second kappa shape index (κ2) is 48.2. The Labute approximate surface area is 888 Å². The normalized spacial score (nSPS) is 10.9. The summed E-state index contributed by atoms with van der Waals surface area (Å²) in [7, 11) is 2.08. The maximum atomic E-state index is 4.60. The van der Waals surface area contributed by atoms with Crippen molar-refractivity contribution in [2.45, 2.75) is 96.9 Å². The molecule has 0 aliphatic carbocycles. The number of fused-ring (bicyclic) bond motifs is 1. The smallest absolute Gasteiger partial charge is 0.0600 e. The van der Waals surface area contributed by atoms with E-state index in [2.05, 4.69) is 485 Å². The third-order valence-corrected chi connectivity index (χ3v) is 24.7. The van der Waals surface area contributed by atoms with E-state index in [0.717, 1.165) is 62.3 Å². The van der Waals surface area contributed by atoms with Crippen molar-refractivity contribution in [2.75, 3.05) is 16.8 Å². The molecule has 0 bridgehead atoms. The topological polar surface area (TPSA) is 77.8 Å². The number of hydrogen-bond acceptors (Lipinski definition) is 6. The van der Waals surface area contributed by atoms with Crippen LogP contribution in [-0.2, 0) is 101 Å². The van der Waals surface area contributed by atoms with Crippen LogP contribution in [0.3, 0.4) is 0 Å². The first-order valence-electron chi connectivity index (χ1n) is 45.6. The summed E-state index contributed by atoms with van der Waals surface area (Å²) in [5, 5.41) is 17.7. The summed E-state index contributed by atoms with van der Waals surface area (Å²) >= 11 is 0. The Hall–Kier alpha value is -12.8. The third kappa shape index (κ3) is 24.6. The molecule has 10 nitrogen and oxygen atoms in total. The fraction of sp³-hybridized carbons (Fsp3) is 0.121. The number of aromatic nitrogens is 8. The molecule has 1 aliphatic heterocycles. The van der Waals surface area contributed by atoms with Crippen molar-refractivity contribution in [1.82, 2.24) is 39.1 Å². The summed E-state index contributed by atoms with van der Waals surface area (Å²) in [6.07, 6.45) is 7.43. The van der Waals surface area contributed by atoms with Crippen LogP contribution in [-0.4, -0.2) is 46.2 Å². The summed E-state index contributed by atoms with van der Waals surface area (Å²) < 4.78 is 7.58. The first-order valence-corrected chi connectivity index (χ1v) is 45.6. The molecule has 21 rings (SSSR count). The van der Waals surface area contributed by atoms with E-state index in [0.29, 0.717) is 0 Å². The largest absolute Gasteiger partial charge is 0.504 e. The number of aryl methyl sites for hydroxylation is 14. The predicted molar refractivity (Wildman–Crippen MR) is 557 cm³/mol. The minimum Gasteiger partial charge on any atom is -0.504 e. The summed E-state index contributed by atoms with van der Waals surface area (Å²) in [6.45, 7) is 32.0. The van der Waals surface area contributed by atoms with E-state index in [4.69, 9.17) is 0 Å². The molecule has 5 radical (unpaired) electrons. The van der Waals surface area contributed by atoms with Crippen LogP contribution in [0.15, 0.2) is 377 Å². The monoisotopic (exact) mass is 2700 g/mol. The van der Waals surface area contributed by atoms with Crippen molar-refractivity contribution in [3.8, 4) is 134 Å². The van der Waals surface area contributed by atoms with E-state index in [-0.39, 0.29) is 101 Å². The Morgan fingerprint density at radius 2 is 0.518 bits per heavy atom. The van der Waals surface area contributed by atoms with Gasteiger partial charge in [0.05, 0.1) is 11.4 Å². The molecule has 0 saturated carbocycles. The number of benzene rings is 16. The molecule has 139 heavy (non-hydrogen) atoms. The van der Waals surface area contributed by atoms with Gasteiger partial charge in [-0.1, -0.05) is 338 Å². The van der Waals surface area contributed by atoms with E-state index in [9.17, 15) is 0 Å². The Morgan fingerprint density at radius 1 is 0.237 bits per heavy atom. The van der Waals surface area contributed by atoms with E-state index in [1.54, 1.807) is 12.4 Å². The zero-order valence-electron chi connectivity index (χ0n) is 80.5. The first-order chi connectivity index (χ1) is 65.1. The van der Waals surface area contributed by atoms with Crippen LogP contribution >= 0.6 is 0 Å². The third-order valence-electron chi connectivity index (χ3n) is 24.7. The summed E-state index contributed by atoms with van der Waals surface area (Å²) in [5.41, 5.74) is 48.9. The van der Waals surface area contributed by atoms with E-state index in [1.165, 1.54) is 167 Å². The average Bonchev–Trinajstić information content (AvgIpc) is 1.68. The van der Waals surface area contributed by atoms with Crippen molar-refractivity contribution in [3.63, 3.8) is 0 Å². The summed E-state index contributed by atoms with van der Waals surface area (Å²) in [6, 6.07) is 141. The molecule has 4 aromatic heterocycles. The van der Waals surface area contributed by atoms with Crippen LogP contribution in [0.1, 0.15) is 78.4 Å². The second-order valence-corrected chi connectivity index (χ2v) is 34.7. The number of anilines is 3. The van der Waals surface area contributed by atoms with Gasteiger partial charge in [-0.3, -0.25) is 18.7 Å². The van der Waals surface area contributed by atoms with Crippen molar-refractivity contribution in [2.24, 2.45) is 0 Å². The second-order valence-electron chi connectivity index (χ2n) is 34.7. The molecule has 0 N–H and O–H groups in total. The van der Waals surface area contributed by atoms with Gasteiger partial charge in [-0.2, -0.15) is 116 Å². The van der Waals surface area contributed by atoms with Crippen LogP contribution in [0, 0.1) is 134 Å². The van der Waals surface area contributed by atoms with Gasteiger partial charge in [0.2, 0.25) is 0 Å². The van der Waals surface area contributed by atoms with Gasteiger partial charge in [-0.25, -0.2) is 0 Å². The molecule has 0 atom stereocenters. The molecule has 15 heteroatoms. The minimum atomic E-state index is 0. The first kappa shape index (κ1) is 105. The molecule has 0 fully saturated rings. The zero-order valence-corrected chi connectivity index (χ0v) is 92.5. The van der Waals surface area contributed by atoms with Crippen LogP contribution in [0.2, 0.25) is 0 Å². The van der Waals surface area contributed by atoms with Gasteiger partial charge in [0, 0.05) is 148 Å². The molecule has 5 heterocycles. The molecule has 0 spiro atoms. The van der Waals surface area contributed by atoms with E-state index < -0.39 is 0 Å². The fourth-order valence-corrected chi connectivity index (χ4v) is 18.6. The van der Waals surface area contributed by atoms with Crippen molar-refractivity contribution in [1.29, 1.82) is 0 Å². The predicted octanol–water partition coefficient (Wildman–Crippen LogP) is 30.9. The van der Waals surface area contributed by atoms with Gasteiger partial charge < -0.3 is 9.80 Å². The van der Waals surface area contributed by atoms with Gasteiger partial charge >= 0.3 is 0 Å². The standard InChI is InChI=1S/C28H24N2.2C25H23N2.2C23H19N2.5Ir/c1-20-17-24(22-9-5-4-6-10-22)18-21(2)28(20)23-13-15-25(16-14-23)30-19-29(3)26-11-7-8-12-27(26)30;1-17-14-23(21-8-6-5-7-9-21)15-18(2)25(17)22-10-12-24(13-11-22)27-20(4)16-19(3)26-27;1-17-14-24(27-20(4)16-19(3)26-27)15-18(2)25(17)23-12-10-22(11-13-23)21-8-6-5-7-9-21;1-17-15-21(19-7-4-3-5-8-19)16-18(2)23(17)20-9-11-22(12-10-20)25-14-6-13-24-25;1-17-15-22(25-14-6-13-24-25)16-18(2)23(17)21-11-9-20(10-12-21)19-7-4-3-5-8-19;;;;;/h4-15,17-19H,1-3H3;5-12,14-16H,1-4H3;5-14,16H,1-4H3;3-11,13-16H,1-2H3;3-15H,1-2H3;;;;;/q-2;4*-1;;;;;. The molecule has 0 amide bonds. The Morgan fingerprint density at radius 3 is 0.842 bits per heavy atom. The summed E-state index contributed by atoms with van der Waals surface area (Å²) in [5.74, 6) is 0. The van der Waals surface area contributed by atoms with Crippen molar-refractivity contribution >= 4 is 17.1 Å². The Bertz CT molecular complexity index is 7320. The Balaban J connectivity index is 0.000000154. The van der Waals surface area contributed by atoms with Crippen LogP contribution in [0.4, 0.5) is 17.1 Å². The van der Waals surface area contributed by atoms with Crippen LogP contribution < -0.4 is 9.80 Å². The van der Waals surface area contributed by atoms with Crippen molar-refractivity contribution < 1.29 is 101 Å². The molecule has 0 saturated heterocycles. The zero-order chi connectivity index (χ0) is 93.0. The number of hydrogen-bond donors (Lipinski definition) is 0. The number of para-hydroxylation sites is 2. The van der Waals surface area contributed by atoms with Gasteiger partial charge in [-0.05, 0) is 191 Å². The summed E-state index contributed by atoms with van der Waals surface area (Å²) in [4.78, 5) is 4.34. The maximum absolute atomic E-state index is 4.60. The van der Waals surface area contributed by atoms with Gasteiger partial charge in [-0.15, -0.1) is 63.8 Å². The molecule has 1 aliphatic rings. The minimum absolute atomic E-state index is 0. The molecule has 16 aromatic carbocycles. The van der Waals surface area contributed by atoms with Gasteiger partial charge in [0.1, 0.15) is 0 Å². The van der Waals surface area contributed by atoms with E-state index >= 15 is 0 Å². The quantitative estimate of drug-likeness (QED) is 0.0952. The molecular formula is C124H108Ir5N10-6. The van der Waals surface area contributed by atoms with Gasteiger partial charge in [0.15, 0.2) is 0 Å². The fourth-order valence-electron chi connectivity index (χ4n) is 18.6. The average molecular weight is 2700 g/mol. The molecular weight excluding hydrogens is 2590 g/mol. The SMILES string of the molecule is Cc1[c-]c(-n2cccn2)cc(C)c1-c1ccc(-c2ccccc2)cc1.Cc1cc(-c2ccccc2)cc(C)c1-c1c[c-]c(-n2cccn2)cc1.Cc1cc(-c2ccccc2)cc(C)c1-c1c[c-]c(N2[CH-]N(C)c3ccccc32)cc1.Cc1cc(C)n(-c2[c-]c(C)c(-c3ccc(-c4ccccc4)cc3)c(C)c2)n1.Cc1cc(C)n(-c2[c-]cc(-c3c(C)cc(-c4ccccc4)cc3C)cc2)n1.[Ir].[Ir].[Ir].[Ir].[Ir]. The van der Waals surface area contributed by atoms with Crippen molar-refractivity contribution in [3.05, 3.63) is 492 Å². The number of nitrogens with zero attached hydrogens (tertiary/aromatic N) is 10. The van der Waals surface area contributed by atoms with Crippen LogP contribution in [0.25, 0.3) is 134 Å². The van der Waals surface area contributed by atoms with Crippen LogP contribution in [0.5, 0.6) is 0 Å². The molecule has 0 unspecified atom stereocenters. The molecule has 20 aromatic rings. The maximum Gasteiger partial charge on any atom is 0.0600 e.